The lowest BCUT2D eigenvalue weighted by atomic mass is 10.1. The first-order valence-corrected chi connectivity index (χ1v) is 9.93. The Morgan fingerprint density at radius 3 is 2.09 bits per heavy atom. The summed E-state index contributed by atoms with van der Waals surface area (Å²) in [5, 5.41) is 2.76. The molecule has 0 aliphatic carbocycles. The van der Waals surface area contributed by atoms with E-state index in [1.807, 2.05) is 0 Å². The molecule has 172 valence electrons. The van der Waals surface area contributed by atoms with Gasteiger partial charge in [-0.05, 0) is 49.8 Å². The summed E-state index contributed by atoms with van der Waals surface area (Å²) in [5.74, 6) is 0.515. The van der Waals surface area contributed by atoms with Crippen LogP contribution in [0.4, 0.5) is 10.1 Å². The lowest BCUT2D eigenvalue weighted by molar-refractivity contribution is -0.111. The van der Waals surface area contributed by atoms with E-state index in [1.165, 1.54) is 39.5 Å². The Morgan fingerprint density at radius 2 is 1.55 bits per heavy atom. The summed E-state index contributed by atoms with van der Waals surface area (Å²) in [6, 6.07) is 9.40. The SMILES string of the molecule is COc1cc(/C=C/C(=O)Nc2c(C)nc(Oc3ccccc3F)nc2C)cc(OC)c1OC. The van der Waals surface area contributed by atoms with Crippen LogP contribution < -0.4 is 24.3 Å². The summed E-state index contributed by atoms with van der Waals surface area (Å²) >= 11 is 0. The van der Waals surface area contributed by atoms with Gasteiger partial charge in [-0.15, -0.1) is 0 Å². The molecule has 1 amide bonds. The number of anilines is 1. The topological polar surface area (TPSA) is 91.8 Å². The highest BCUT2D eigenvalue weighted by Gasteiger charge is 2.14. The predicted molar refractivity (Wildman–Crippen MR) is 122 cm³/mol. The van der Waals surface area contributed by atoms with Crippen molar-refractivity contribution in [3.8, 4) is 29.0 Å². The number of benzene rings is 2. The summed E-state index contributed by atoms with van der Waals surface area (Å²) in [6.07, 6.45) is 2.98. The Bertz CT molecular complexity index is 1150. The summed E-state index contributed by atoms with van der Waals surface area (Å²) in [6.45, 7) is 3.39. The van der Waals surface area contributed by atoms with Crippen molar-refractivity contribution >= 4 is 17.7 Å². The number of ether oxygens (including phenoxy) is 4. The standard InChI is InChI=1S/C24H24FN3O5/c1-14-22(15(2)27-24(26-14)33-18-9-7-6-8-17(18)25)28-21(29)11-10-16-12-19(30-3)23(32-5)20(13-16)31-4/h6-13H,1-5H3,(H,28,29)/b11-10+. The van der Waals surface area contributed by atoms with E-state index in [2.05, 4.69) is 15.3 Å². The number of nitrogens with zero attached hydrogens (tertiary/aromatic N) is 2. The van der Waals surface area contributed by atoms with Gasteiger partial charge < -0.3 is 24.3 Å². The minimum atomic E-state index is -0.522. The number of hydrogen-bond donors (Lipinski definition) is 1. The predicted octanol–water partition coefficient (Wildman–Crippen LogP) is 4.70. The fourth-order valence-electron chi connectivity index (χ4n) is 3.07. The third kappa shape index (κ3) is 5.57. The molecule has 1 N–H and O–H groups in total. The number of hydrogen-bond acceptors (Lipinski definition) is 7. The second-order valence-corrected chi connectivity index (χ2v) is 6.87. The van der Waals surface area contributed by atoms with E-state index < -0.39 is 5.82 Å². The largest absolute Gasteiger partial charge is 0.493 e. The van der Waals surface area contributed by atoms with E-state index in [0.29, 0.717) is 39.9 Å². The first-order chi connectivity index (χ1) is 15.9. The minimum absolute atomic E-state index is 0.0129. The average Bonchev–Trinajstić information content (AvgIpc) is 2.80. The minimum Gasteiger partial charge on any atom is -0.493 e. The highest BCUT2D eigenvalue weighted by atomic mass is 19.1. The van der Waals surface area contributed by atoms with E-state index in [1.54, 1.807) is 44.2 Å². The normalized spacial score (nSPS) is 10.7. The van der Waals surface area contributed by atoms with Gasteiger partial charge in [0.25, 0.3) is 0 Å². The lowest BCUT2D eigenvalue weighted by Gasteiger charge is -2.13. The summed E-state index contributed by atoms with van der Waals surface area (Å²) < 4.78 is 35.2. The van der Waals surface area contributed by atoms with Gasteiger partial charge in [0.2, 0.25) is 11.7 Å². The van der Waals surface area contributed by atoms with Crippen molar-refractivity contribution in [2.75, 3.05) is 26.6 Å². The number of aryl methyl sites for hydroxylation is 2. The van der Waals surface area contributed by atoms with Crippen molar-refractivity contribution in [2.45, 2.75) is 13.8 Å². The van der Waals surface area contributed by atoms with Crippen LogP contribution in [0.25, 0.3) is 6.08 Å². The molecule has 0 unspecified atom stereocenters. The van der Waals surface area contributed by atoms with Crippen LogP contribution in [0, 0.1) is 19.7 Å². The van der Waals surface area contributed by atoms with Crippen molar-refractivity contribution in [2.24, 2.45) is 0 Å². The summed E-state index contributed by atoms with van der Waals surface area (Å²) in [4.78, 5) is 21.0. The Labute approximate surface area is 191 Å². The van der Waals surface area contributed by atoms with Crippen LogP contribution in [0.1, 0.15) is 17.0 Å². The van der Waals surface area contributed by atoms with Crippen molar-refractivity contribution in [1.29, 1.82) is 0 Å². The molecule has 0 radical (unpaired) electrons. The fourth-order valence-corrected chi connectivity index (χ4v) is 3.07. The zero-order valence-electron chi connectivity index (χ0n) is 18.9. The molecule has 0 aliphatic rings. The molecule has 3 rings (SSSR count). The van der Waals surface area contributed by atoms with Crippen molar-refractivity contribution in [3.63, 3.8) is 0 Å². The number of rotatable bonds is 8. The Morgan fingerprint density at radius 1 is 0.939 bits per heavy atom. The zero-order chi connectivity index (χ0) is 24.0. The van der Waals surface area contributed by atoms with Gasteiger partial charge in [-0.25, -0.2) is 4.39 Å². The number of aromatic nitrogens is 2. The Balaban J connectivity index is 1.76. The van der Waals surface area contributed by atoms with Crippen molar-refractivity contribution in [3.05, 3.63) is 65.2 Å². The van der Waals surface area contributed by atoms with Gasteiger partial charge in [0, 0.05) is 6.08 Å². The lowest BCUT2D eigenvalue weighted by Crippen LogP contribution is -2.12. The smallest absolute Gasteiger partial charge is 0.322 e. The molecule has 9 heteroatoms. The highest BCUT2D eigenvalue weighted by molar-refractivity contribution is 6.02. The van der Waals surface area contributed by atoms with Crippen LogP contribution in [0.15, 0.2) is 42.5 Å². The monoisotopic (exact) mass is 453 g/mol. The van der Waals surface area contributed by atoms with Crippen LogP contribution in [0.3, 0.4) is 0 Å². The molecule has 0 aliphatic heterocycles. The van der Waals surface area contributed by atoms with Gasteiger partial charge >= 0.3 is 6.01 Å². The number of amides is 1. The molecule has 0 saturated carbocycles. The van der Waals surface area contributed by atoms with Gasteiger partial charge in [-0.1, -0.05) is 12.1 Å². The van der Waals surface area contributed by atoms with Gasteiger partial charge in [0.15, 0.2) is 23.1 Å². The number of carbonyl (C=O) groups is 1. The van der Waals surface area contributed by atoms with E-state index in [0.717, 1.165) is 0 Å². The third-order valence-corrected chi connectivity index (χ3v) is 4.65. The molecule has 1 aromatic heterocycles. The summed E-state index contributed by atoms with van der Waals surface area (Å²) in [7, 11) is 4.55. The number of methoxy groups -OCH3 is 3. The number of para-hydroxylation sites is 1. The second kappa shape index (κ2) is 10.4. The van der Waals surface area contributed by atoms with E-state index >= 15 is 0 Å². The second-order valence-electron chi connectivity index (χ2n) is 6.87. The van der Waals surface area contributed by atoms with Gasteiger partial charge in [-0.2, -0.15) is 9.97 Å². The van der Waals surface area contributed by atoms with Gasteiger partial charge in [0.1, 0.15) is 0 Å². The molecule has 0 saturated heterocycles. The number of carbonyl (C=O) groups excluding carboxylic acids is 1. The first kappa shape index (κ1) is 23.5. The van der Waals surface area contributed by atoms with Crippen LogP contribution in [-0.2, 0) is 4.79 Å². The summed E-state index contributed by atoms with van der Waals surface area (Å²) in [5.41, 5.74) is 2.07. The Hall–Kier alpha value is -4.14. The molecular formula is C24H24FN3O5. The molecule has 3 aromatic rings. The van der Waals surface area contributed by atoms with Crippen LogP contribution in [0.5, 0.6) is 29.0 Å². The molecule has 0 bridgehead atoms. The van der Waals surface area contributed by atoms with Crippen LogP contribution in [-0.4, -0.2) is 37.2 Å². The van der Waals surface area contributed by atoms with E-state index in [-0.39, 0.29) is 17.7 Å². The molecule has 8 nitrogen and oxygen atoms in total. The Kier molecular flexibility index (Phi) is 7.45. The molecule has 2 aromatic carbocycles. The van der Waals surface area contributed by atoms with E-state index in [9.17, 15) is 9.18 Å². The van der Waals surface area contributed by atoms with Crippen LogP contribution >= 0.6 is 0 Å². The molecule has 0 atom stereocenters. The molecule has 1 heterocycles. The maximum atomic E-state index is 13.8. The number of halogens is 1. The zero-order valence-corrected chi connectivity index (χ0v) is 18.9. The van der Waals surface area contributed by atoms with Crippen LogP contribution in [0.2, 0.25) is 0 Å². The van der Waals surface area contributed by atoms with Crippen molar-refractivity contribution in [1.82, 2.24) is 9.97 Å². The highest BCUT2D eigenvalue weighted by Crippen LogP contribution is 2.38. The fraction of sp³-hybridized carbons (Fsp3) is 0.208. The van der Waals surface area contributed by atoms with Gasteiger partial charge in [0.05, 0.1) is 38.4 Å². The van der Waals surface area contributed by atoms with Crippen molar-refractivity contribution < 1.29 is 28.1 Å². The quantitative estimate of drug-likeness (QED) is 0.494. The molecule has 33 heavy (non-hydrogen) atoms. The molecule has 0 fully saturated rings. The third-order valence-electron chi connectivity index (χ3n) is 4.65. The molecule has 0 spiro atoms. The average molecular weight is 453 g/mol. The molecular weight excluding hydrogens is 429 g/mol. The first-order valence-electron chi connectivity index (χ1n) is 9.93. The number of nitrogens with one attached hydrogen (secondary N) is 1. The van der Waals surface area contributed by atoms with Gasteiger partial charge in [-0.3, -0.25) is 4.79 Å². The maximum absolute atomic E-state index is 13.8. The van der Waals surface area contributed by atoms with E-state index in [4.69, 9.17) is 18.9 Å². The maximum Gasteiger partial charge on any atom is 0.322 e.